The van der Waals surface area contributed by atoms with Gasteiger partial charge >= 0.3 is 12.1 Å². The number of hydrogen-bond acceptors (Lipinski definition) is 4. The van der Waals surface area contributed by atoms with Crippen molar-refractivity contribution in [1.29, 1.82) is 0 Å². The first-order valence-electron chi connectivity index (χ1n) is 19.9. The van der Waals surface area contributed by atoms with E-state index in [2.05, 4.69) is 44.1 Å². The van der Waals surface area contributed by atoms with E-state index in [1.54, 1.807) is 0 Å². The van der Waals surface area contributed by atoms with E-state index in [1.165, 1.54) is 51.4 Å². The Hall–Kier alpha value is -3.42. The second-order valence-electron chi connectivity index (χ2n) is 15.1. The minimum Gasteiger partial charge on any atom is -0.378 e. The van der Waals surface area contributed by atoms with Crippen molar-refractivity contribution in [3.63, 3.8) is 0 Å². The number of nitrogens with zero attached hydrogens (tertiary/aromatic N) is 4. The Bertz CT molecular complexity index is 1120. The third kappa shape index (κ3) is 15.2. The zero-order chi connectivity index (χ0) is 36.1. The van der Waals surface area contributed by atoms with Crippen molar-refractivity contribution < 1.29 is 9.59 Å². The van der Waals surface area contributed by atoms with Gasteiger partial charge in [0.25, 0.3) is 0 Å². The molecular weight excluding hydrogens is 621 g/mol. The van der Waals surface area contributed by atoms with Crippen LogP contribution in [0, 0.1) is 11.8 Å². The summed E-state index contributed by atoms with van der Waals surface area (Å²) < 4.78 is 0. The lowest BCUT2D eigenvalue weighted by molar-refractivity contribution is 0.153. The summed E-state index contributed by atoms with van der Waals surface area (Å²) in [5, 5.41) is 6.39. The van der Waals surface area contributed by atoms with Gasteiger partial charge in [-0.3, -0.25) is 0 Å². The SMILES string of the molecule is CCCCCCCCN(C[C@@H]1CCC[C@H](CN(CCCCCCCC)C(=O)Nc2ccc(N(C)C)cc2)C1)C(=O)Nc1ccc(N(C)C)cc1. The highest BCUT2D eigenvalue weighted by Gasteiger charge is 2.28. The summed E-state index contributed by atoms with van der Waals surface area (Å²) >= 11 is 0. The number of unbranched alkanes of at least 4 members (excludes halogenated alkanes) is 10. The number of carbonyl (C=O) groups is 2. The highest BCUT2D eigenvalue weighted by molar-refractivity contribution is 5.90. The Morgan fingerprint density at radius 2 is 0.920 bits per heavy atom. The second kappa shape index (κ2) is 23.1. The first kappa shape index (κ1) is 41.0. The van der Waals surface area contributed by atoms with Crippen LogP contribution in [0.15, 0.2) is 48.5 Å². The average Bonchev–Trinajstić information content (AvgIpc) is 3.10. The van der Waals surface area contributed by atoms with Crippen molar-refractivity contribution in [3.05, 3.63) is 48.5 Å². The van der Waals surface area contributed by atoms with E-state index >= 15 is 0 Å². The van der Waals surface area contributed by atoms with Crippen molar-refractivity contribution in [3.8, 4) is 0 Å². The third-order valence-corrected chi connectivity index (χ3v) is 10.3. The maximum absolute atomic E-state index is 13.7. The predicted molar refractivity (Wildman–Crippen MR) is 215 cm³/mol. The first-order valence-corrected chi connectivity index (χ1v) is 19.9. The molecule has 2 aromatic rings. The van der Waals surface area contributed by atoms with Gasteiger partial charge in [0.15, 0.2) is 0 Å². The molecule has 2 N–H and O–H groups in total. The molecule has 0 radical (unpaired) electrons. The first-order chi connectivity index (χ1) is 24.2. The average molecular weight is 691 g/mol. The Labute approximate surface area is 305 Å². The molecule has 0 aliphatic heterocycles. The van der Waals surface area contributed by atoms with Crippen LogP contribution in [0.25, 0.3) is 0 Å². The summed E-state index contributed by atoms with van der Waals surface area (Å²) in [4.78, 5) is 35.7. The molecule has 2 aromatic carbocycles. The molecule has 0 saturated heterocycles. The zero-order valence-corrected chi connectivity index (χ0v) is 32.5. The zero-order valence-electron chi connectivity index (χ0n) is 32.5. The molecule has 0 heterocycles. The van der Waals surface area contributed by atoms with Gasteiger partial charge in [-0.25, -0.2) is 9.59 Å². The van der Waals surface area contributed by atoms with Crippen molar-refractivity contribution in [2.45, 2.75) is 117 Å². The van der Waals surface area contributed by atoms with E-state index in [4.69, 9.17) is 0 Å². The summed E-state index contributed by atoms with van der Waals surface area (Å²) in [5.41, 5.74) is 3.90. The number of rotatable bonds is 22. The number of benzene rings is 2. The van der Waals surface area contributed by atoms with Gasteiger partial charge in [0.1, 0.15) is 0 Å². The van der Waals surface area contributed by atoms with Gasteiger partial charge in [0.2, 0.25) is 0 Å². The number of carbonyl (C=O) groups excluding carboxylic acids is 2. The molecule has 8 nitrogen and oxygen atoms in total. The summed E-state index contributed by atoms with van der Waals surface area (Å²) in [6.07, 6.45) is 18.9. The van der Waals surface area contributed by atoms with E-state index < -0.39 is 0 Å². The van der Waals surface area contributed by atoms with Gasteiger partial charge in [-0.05, 0) is 92.5 Å². The van der Waals surface area contributed by atoms with E-state index in [1.807, 2.05) is 76.7 Å². The quantitative estimate of drug-likeness (QED) is 0.121. The van der Waals surface area contributed by atoms with Crippen LogP contribution in [0.3, 0.4) is 0 Å². The Morgan fingerprint density at radius 3 is 1.28 bits per heavy atom. The number of nitrogens with one attached hydrogen (secondary N) is 2. The summed E-state index contributed by atoms with van der Waals surface area (Å²) in [6.45, 7) is 7.61. The molecule has 0 bridgehead atoms. The minimum atomic E-state index is 0.00245. The van der Waals surface area contributed by atoms with Gasteiger partial charge in [-0.2, -0.15) is 0 Å². The second-order valence-corrected chi connectivity index (χ2v) is 15.1. The summed E-state index contributed by atoms with van der Waals surface area (Å²) in [7, 11) is 8.10. The van der Waals surface area contributed by atoms with Gasteiger partial charge in [-0.1, -0.05) is 84.5 Å². The van der Waals surface area contributed by atoms with Crippen LogP contribution in [-0.2, 0) is 0 Å². The van der Waals surface area contributed by atoms with E-state index in [-0.39, 0.29) is 12.1 Å². The smallest absolute Gasteiger partial charge is 0.321 e. The molecule has 1 aliphatic rings. The van der Waals surface area contributed by atoms with Crippen LogP contribution in [-0.4, -0.2) is 76.2 Å². The van der Waals surface area contributed by atoms with Gasteiger partial charge < -0.3 is 30.2 Å². The van der Waals surface area contributed by atoms with E-state index in [9.17, 15) is 9.59 Å². The fraction of sp³-hybridized carbons (Fsp3) is 0.667. The minimum absolute atomic E-state index is 0.00245. The van der Waals surface area contributed by atoms with Crippen LogP contribution < -0.4 is 20.4 Å². The maximum atomic E-state index is 13.7. The van der Waals surface area contributed by atoms with Crippen molar-refractivity contribution >= 4 is 34.8 Å². The lowest BCUT2D eigenvalue weighted by atomic mass is 9.80. The van der Waals surface area contributed by atoms with Gasteiger partial charge in [0, 0.05) is 77.1 Å². The molecule has 0 unspecified atom stereocenters. The number of amides is 4. The topological polar surface area (TPSA) is 71.2 Å². The van der Waals surface area contributed by atoms with Crippen LogP contribution >= 0.6 is 0 Å². The Balaban J connectivity index is 1.64. The van der Waals surface area contributed by atoms with Gasteiger partial charge in [0.05, 0.1) is 0 Å². The third-order valence-electron chi connectivity index (χ3n) is 10.3. The molecule has 2 atom stereocenters. The van der Waals surface area contributed by atoms with Crippen LogP contribution in [0.1, 0.15) is 117 Å². The molecule has 4 amide bonds. The molecule has 0 spiro atoms. The Kier molecular flexibility index (Phi) is 19.0. The normalized spacial score (nSPS) is 15.7. The predicted octanol–water partition coefficient (Wildman–Crippen LogP) is 10.7. The van der Waals surface area contributed by atoms with Crippen LogP contribution in [0.2, 0.25) is 0 Å². The number of urea groups is 2. The molecule has 280 valence electrons. The molecule has 1 saturated carbocycles. The van der Waals surface area contributed by atoms with Crippen LogP contribution in [0.5, 0.6) is 0 Å². The van der Waals surface area contributed by atoms with Crippen molar-refractivity contribution in [2.24, 2.45) is 11.8 Å². The highest BCUT2D eigenvalue weighted by Crippen LogP contribution is 2.31. The maximum Gasteiger partial charge on any atom is 0.321 e. The molecule has 0 aromatic heterocycles. The summed E-state index contributed by atoms with van der Waals surface area (Å²) in [6, 6.07) is 16.2. The lowest BCUT2D eigenvalue weighted by Gasteiger charge is -2.36. The highest BCUT2D eigenvalue weighted by atomic mass is 16.2. The van der Waals surface area contributed by atoms with Crippen molar-refractivity contribution in [1.82, 2.24) is 9.80 Å². The number of hydrogen-bond donors (Lipinski definition) is 2. The molecule has 1 aliphatic carbocycles. The molecule has 1 fully saturated rings. The molecule has 3 rings (SSSR count). The molecule has 8 heteroatoms. The molecule has 50 heavy (non-hydrogen) atoms. The lowest BCUT2D eigenvalue weighted by Crippen LogP contribution is -2.43. The van der Waals surface area contributed by atoms with Crippen LogP contribution in [0.4, 0.5) is 32.3 Å². The Morgan fingerprint density at radius 1 is 0.560 bits per heavy atom. The standard InChI is InChI=1S/C42H70N6O2/c1-7-9-11-13-15-17-30-47(41(49)43-37-22-26-39(27-23-37)45(3)4)33-35-20-19-21-36(32-35)34-48(31-18-16-14-12-10-8-2)42(50)44-38-24-28-40(29-25-38)46(5)6/h22-29,35-36H,7-21,30-34H2,1-6H3,(H,43,49)(H,44,50)/t35-,36+. The van der Waals surface area contributed by atoms with Crippen molar-refractivity contribution in [2.75, 3.05) is 74.8 Å². The fourth-order valence-electron chi connectivity index (χ4n) is 7.17. The fourth-order valence-corrected chi connectivity index (χ4v) is 7.17. The van der Waals surface area contributed by atoms with Gasteiger partial charge in [-0.15, -0.1) is 0 Å². The monoisotopic (exact) mass is 691 g/mol. The summed E-state index contributed by atoms with van der Waals surface area (Å²) in [5.74, 6) is 0.876. The van der Waals surface area contributed by atoms with E-state index in [0.29, 0.717) is 11.8 Å². The van der Waals surface area contributed by atoms with E-state index in [0.717, 1.165) is 100 Å². The largest absolute Gasteiger partial charge is 0.378 e. The molecular formula is C42H70N6O2. The number of anilines is 4.